The van der Waals surface area contributed by atoms with Crippen molar-refractivity contribution >= 4 is 17.6 Å². The molecule has 2 aromatic rings. The Morgan fingerprint density at radius 1 is 1.18 bits per heavy atom. The third kappa shape index (κ3) is 6.01. The van der Waals surface area contributed by atoms with Crippen molar-refractivity contribution in [1.82, 2.24) is 10.2 Å². The number of urea groups is 1. The van der Waals surface area contributed by atoms with Crippen LogP contribution in [0.2, 0.25) is 0 Å². The number of carbonyl (C=O) groups excluding carboxylic acids is 2. The highest BCUT2D eigenvalue weighted by Crippen LogP contribution is 2.18. The summed E-state index contributed by atoms with van der Waals surface area (Å²) in [6.45, 7) is 3.78. The number of ether oxygens (including phenoxy) is 1. The van der Waals surface area contributed by atoms with E-state index < -0.39 is 0 Å². The number of nitrogens with zero attached hydrogens (tertiary/aromatic N) is 1. The fourth-order valence-electron chi connectivity index (χ4n) is 3.26. The summed E-state index contributed by atoms with van der Waals surface area (Å²) in [6, 6.07) is 17.1. The number of amides is 3. The van der Waals surface area contributed by atoms with Crippen LogP contribution in [-0.4, -0.2) is 42.6 Å². The second-order valence-corrected chi connectivity index (χ2v) is 7.05. The lowest BCUT2D eigenvalue weighted by atomic mass is 10.2. The smallest absolute Gasteiger partial charge is 0.319 e. The van der Waals surface area contributed by atoms with Crippen LogP contribution in [0.3, 0.4) is 0 Å². The summed E-state index contributed by atoms with van der Waals surface area (Å²) in [4.78, 5) is 25.7. The molecule has 1 aliphatic heterocycles. The van der Waals surface area contributed by atoms with Gasteiger partial charge in [-0.05, 0) is 31.0 Å². The summed E-state index contributed by atoms with van der Waals surface area (Å²) >= 11 is 0. The maximum atomic E-state index is 12.2. The highest BCUT2D eigenvalue weighted by molar-refractivity contribution is 5.89. The van der Waals surface area contributed by atoms with E-state index in [0.717, 1.165) is 19.4 Å². The van der Waals surface area contributed by atoms with E-state index in [9.17, 15) is 9.59 Å². The molecule has 1 heterocycles. The maximum Gasteiger partial charge on any atom is 0.319 e. The molecule has 28 heavy (non-hydrogen) atoms. The summed E-state index contributed by atoms with van der Waals surface area (Å²) in [5.41, 5.74) is 1.89. The lowest BCUT2D eigenvalue weighted by Crippen LogP contribution is -2.44. The van der Waals surface area contributed by atoms with Gasteiger partial charge in [-0.3, -0.25) is 4.79 Å². The van der Waals surface area contributed by atoms with E-state index in [1.807, 2.05) is 43.3 Å². The molecule has 0 radical (unpaired) electrons. The van der Waals surface area contributed by atoms with E-state index >= 15 is 0 Å². The van der Waals surface area contributed by atoms with Gasteiger partial charge in [0.25, 0.3) is 0 Å². The molecule has 0 bridgehead atoms. The van der Waals surface area contributed by atoms with Gasteiger partial charge in [-0.15, -0.1) is 0 Å². The van der Waals surface area contributed by atoms with Crippen LogP contribution in [-0.2, 0) is 11.2 Å². The van der Waals surface area contributed by atoms with Crippen molar-refractivity contribution in [3.63, 3.8) is 0 Å². The molecule has 0 spiro atoms. The summed E-state index contributed by atoms with van der Waals surface area (Å²) in [5.74, 6) is 0.874. The van der Waals surface area contributed by atoms with Crippen LogP contribution >= 0.6 is 0 Å². The van der Waals surface area contributed by atoms with E-state index in [-0.39, 0.29) is 18.0 Å². The Bertz CT molecular complexity index is 795. The van der Waals surface area contributed by atoms with Gasteiger partial charge in [-0.1, -0.05) is 36.4 Å². The third-order valence-corrected chi connectivity index (χ3v) is 4.64. The highest BCUT2D eigenvalue weighted by Gasteiger charge is 2.22. The first-order valence-electron chi connectivity index (χ1n) is 9.72. The second-order valence-electron chi connectivity index (χ2n) is 7.05. The molecular formula is C22H27N3O3. The van der Waals surface area contributed by atoms with Crippen molar-refractivity contribution in [3.05, 3.63) is 60.2 Å². The molecule has 3 rings (SSSR count). The molecule has 1 saturated heterocycles. The lowest BCUT2D eigenvalue weighted by Gasteiger charge is -2.21. The van der Waals surface area contributed by atoms with Crippen LogP contribution in [0.4, 0.5) is 10.5 Å². The van der Waals surface area contributed by atoms with Crippen molar-refractivity contribution < 1.29 is 14.3 Å². The Kier molecular flexibility index (Phi) is 6.89. The van der Waals surface area contributed by atoms with Gasteiger partial charge in [-0.25, -0.2) is 4.79 Å². The lowest BCUT2D eigenvalue weighted by molar-refractivity contribution is -0.127. The summed E-state index contributed by atoms with van der Waals surface area (Å²) < 4.78 is 5.80. The average Bonchev–Trinajstić information content (AvgIpc) is 3.07. The normalized spacial score (nSPS) is 14.6. The molecule has 6 heteroatoms. The maximum absolute atomic E-state index is 12.2. The van der Waals surface area contributed by atoms with Crippen molar-refractivity contribution in [2.75, 3.05) is 25.0 Å². The minimum absolute atomic E-state index is 0.118. The van der Waals surface area contributed by atoms with Gasteiger partial charge in [0, 0.05) is 43.7 Å². The minimum Gasteiger partial charge on any atom is -0.493 e. The molecule has 2 aromatic carbocycles. The topological polar surface area (TPSA) is 70.7 Å². The van der Waals surface area contributed by atoms with Crippen LogP contribution in [0.15, 0.2) is 54.6 Å². The third-order valence-electron chi connectivity index (χ3n) is 4.64. The van der Waals surface area contributed by atoms with Gasteiger partial charge in [0.1, 0.15) is 5.75 Å². The fraction of sp³-hybridized carbons (Fsp3) is 0.364. The zero-order valence-corrected chi connectivity index (χ0v) is 16.2. The summed E-state index contributed by atoms with van der Waals surface area (Å²) in [6.07, 6.45) is 2.33. The largest absolute Gasteiger partial charge is 0.493 e. The number of likely N-dealkylation sites (tertiary alicyclic amines) is 1. The summed E-state index contributed by atoms with van der Waals surface area (Å²) in [7, 11) is 0. The highest BCUT2D eigenvalue weighted by atomic mass is 16.5. The van der Waals surface area contributed by atoms with E-state index in [1.54, 1.807) is 11.0 Å². The molecule has 0 aromatic heterocycles. The van der Waals surface area contributed by atoms with Gasteiger partial charge >= 0.3 is 6.03 Å². The van der Waals surface area contributed by atoms with Crippen LogP contribution < -0.4 is 15.4 Å². The van der Waals surface area contributed by atoms with E-state index in [4.69, 9.17) is 4.74 Å². The van der Waals surface area contributed by atoms with Crippen LogP contribution in [0, 0.1) is 0 Å². The van der Waals surface area contributed by atoms with Gasteiger partial charge in [0.05, 0.1) is 6.61 Å². The number of rotatable bonds is 8. The van der Waals surface area contributed by atoms with Gasteiger partial charge in [0.2, 0.25) is 5.91 Å². The van der Waals surface area contributed by atoms with E-state index in [2.05, 4.69) is 22.8 Å². The molecule has 6 nitrogen and oxygen atoms in total. The molecule has 2 N–H and O–H groups in total. The first-order chi connectivity index (χ1) is 13.6. The number of anilines is 1. The SMILES string of the molecule is CC(CN1CCCC1=O)NC(=O)Nc1cccc(OCCc2ccccc2)c1. The zero-order valence-electron chi connectivity index (χ0n) is 16.2. The molecule has 1 atom stereocenters. The Balaban J connectivity index is 1.44. The molecule has 148 valence electrons. The fourth-order valence-corrected chi connectivity index (χ4v) is 3.26. The van der Waals surface area contributed by atoms with E-state index in [0.29, 0.717) is 31.0 Å². The average molecular weight is 381 g/mol. The molecule has 0 aliphatic carbocycles. The van der Waals surface area contributed by atoms with Crippen molar-refractivity contribution in [2.45, 2.75) is 32.2 Å². The van der Waals surface area contributed by atoms with Crippen LogP contribution in [0.25, 0.3) is 0 Å². The number of hydrogen-bond donors (Lipinski definition) is 2. The number of hydrogen-bond acceptors (Lipinski definition) is 3. The molecule has 0 saturated carbocycles. The van der Waals surface area contributed by atoms with Gasteiger partial charge in [-0.2, -0.15) is 0 Å². The molecular weight excluding hydrogens is 354 g/mol. The predicted octanol–water partition coefficient (Wildman–Crippen LogP) is 3.44. The van der Waals surface area contributed by atoms with Gasteiger partial charge in [0.15, 0.2) is 0 Å². The van der Waals surface area contributed by atoms with Gasteiger partial charge < -0.3 is 20.3 Å². The van der Waals surface area contributed by atoms with Crippen molar-refractivity contribution in [1.29, 1.82) is 0 Å². The predicted molar refractivity (Wildman–Crippen MR) is 110 cm³/mol. The standard InChI is InChI=1S/C22H27N3O3/c1-17(16-25-13-6-11-21(25)26)23-22(27)24-19-9-5-10-20(15-19)28-14-12-18-7-3-2-4-8-18/h2-5,7-10,15,17H,6,11-14,16H2,1H3,(H2,23,24,27). The molecule has 3 amide bonds. The van der Waals surface area contributed by atoms with Crippen LogP contribution in [0.5, 0.6) is 5.75 Å². The molecule has 1 aliphatic rings. The quantitative estimate of drug-likeness (QED) is 0.736. The Labute approximate surface area is 165 Å². The van der Waals surface area contributed by atoms with Crippen molar-refractivity contribution in [2.24, 2.45) is 0 Å². The molecule has 1 unspecified atom stereocenters. The first kappa shape index (κ1) is 19.7. The monoisotopic (exact) mass is 381 g/mol. The van der Waals surface area contributed by atoms with E-state index in [1.165, 1.54) is 5.56 Å². The first-order valence-corrected chi connectivity index (χ1v) is 9.72. The zero-order chi connectivity index (χ0) is 19.8. The Hall–Kier alpha value is -3.02. The Morgan fingerprint density at radius 3 is 2.75 bits per heavy atom. The Morgan fingerprint density at radius 2 is 2.00 bits per heavy atom. The minimum atomic E-state index is -0.291. The number of benzene rings is 2. The summed E-state index contributed by atoms with van der Waals surface area (Å²) in [5, 5.41) is 5.70. The number of nitrogens with one attached hydrogen (secondary N) is 2. The van der Waals surface area contributed by atoms with Crippen LogP contribution in [0.1, 0.15) is 25.3 Å². The molecule has 1 fully saturated rings. The van der Waals surface area contributed by atoms with Crippen molar-refractivity contribution in [3.8, 4) is 5.75 Å². The second kappa shape index (κ2) is 9.78. The number of carbonyl (C=O) groups is 2.